The quantitative estimate of drug-likeness (QED) is 0.648. The molecule has 0 saturated carbocycles. The van der Waals surface area contributed by atoms with Crippen LogP contribution in [0.25, 0.3) is 16.8 Å². The second-order valence-electron chi connectivity index (χ2n) is 8.09. The summed E-state index contributed by atoms with van der Waals surface area (Å²) in [6.45, 7) is 7.97. The van der Waals surface area contributed by atoms with Gasteiger partial charge in [0.25, 0.3) is 5.91 Å². The van der Waals surface area contributed by atoms with Crippen LogP contribution in [-0.4, -0.2) is 51.6 Å². The first-order valence-electron chi connectivity index (χ1n) is 11.1. The fourth-order valence-electron chi connectivity index (χ4n) is 4.35. The Morgan fingerprint density at radius 1 is 1.13 bits per heavy atom. The first kappa shape index (κ1) is 20.5. The van der Waals surface area contributed by atoms with Crippen LogP contribution in [0.5, 0.6) is 0 Å². The average Bonchev–Trinajstić information content (AvgIpc) is 3.11. The number of hydrogen-bond donors (Lipinski definition) is 1. The van der Waals surface area contributed by atoms with Crippen molar-refractivity contribution in [3.05, 3.63) is 53.5 Å². The summed E-state index contributed by atoms with van der Waals surface area (Å²) in [7, 11) is 0. The van der Waals surface area contributed by atoms with Gasteiger partial charge in [0.15, 0.2) is 5.65 Å². The molecular formula is C24H31N5O. The van der Waals surface area contributed by atoms with Crippen molar-refractivity contribution in [2.24, 2.45) is 0 Å². The predicted octanol–water partition coefficient (Wildman–Crippen LogP) is 3.87. The van der Waals surface area contributed by atoms with E-state index in [4.69, 9.17) is 5.10 Å². The van der Waals surface area contributed by atoms with Crippen molar-refractivity contribution in [2.75, 3.05) is 26.2 Å². The van der Waals surface area contributed by atoms with Crippen LogP contribution >= 0.6 is 0 Å². The topological polar surface area (TPSA) is 62.5 Å². The Morgan fingerprint density at radius 2 is 1.90 bits per heavy atom. The molecule has 0 aliphatic carbocycles. The van der Waals surface area contributed by atoms with E-state index in [1.54, 1.807) is 6.20 Å². The summed E-state index contributed by atoms with van der Waals surface area (Å²) in [5.41, 5.74) is 5.43. The lowest BCUT2D eigenvalue weighted by Gasteiger charge is -2.26. The van der Waals surface area contributed by atoms with Gasteiger partial charge < -0.3 is 10.2 Å². The average molecular weight is 406 g/mol. The van der Waals surface area contributed by atoms with E-state index in [1.807, 2.05) is 29.6 Å². The molecule has 0 unspecified atom stereocenters. The molecule has 0 spiro atoms. The fraction of sp³-hybridized carbons (Fsp3) is 0.458. The van der Waals surface area contributed by atoms with E-state index in [0.29, 0.717) is 12.1 Å². The number of amides is 1. The van der Waals surface area contributed by atoms with E-state index in [2.05, 4.69) is 34.3 Å². The van der Waals surface area contributed by atoms with Gasteiger partial charge in [0.05, 0.1) is 17.0 Å². The lowest BCUT2D eigenvalue weighted by molar-refractivity contribution is 0.0944. The number of aryl methyl sites for hydroxylation is 2. The molecule has 1 N–H and O–H groups in total. The van der Waals surface area contributed by atoms with Gasteiger partial charge in [-0.05, 0) is 44.8 Å². The summed E-state index contributed by atoms with van der Waals surface area (Å²) in [5.74, 6) is -0.0562. The maximum absolute atomic E-state index is 13.0. The first-order valence-corrected chi connectivity index (χ1v) is 11.1. The number of carbonyl (C=O) groups is 1. The molecule has 0 radical (unpaired) electrons. The summed E-state index contributed by atoms with van der Waals surface area (Å²) >= 11 is 0. The molecule has 0 atom stereocenters. The molecule has 1 amide bonds. The van der Waals surface area contributed by atoms with Crippen LogP contribution in [0.1, 0.15) is 54.4 Å². The van der Waals surface area contributed by atoms with Gasteiger partial charge in [-0.1, -0.05) is 50.1 Å². The number of fused-ring (bicyclic) bond motifs is 1. The van der Waals surface area contributed by atoms with Crippen LogP contribution in [0.3, 0.4) is 0 Å². The number of hydrogen-bond acceptors (Lipinski definition) is 4. The molecule has 1 aliphatic heterocycles. The number of rotatable bonds is 7. The van der Waals surface area contributed by atoms with E-state index in [9.17, 15) is 4.79 Å². The van der Waals surface area contributed by atoms with Crippen LogP contribution in [0, 0.1) is 6.92 Å². The zero-order valence-electron chi connectivity index (χ0n) is 18.0. The minimum Gasteiger partial charge on any atom is -0.351 e. The number of aromatic nitrogens is 3. The van der Waals surface area contributed by atoms with Crippen LogP contribution in [0.4, 0.5) is 0 Å². The maximum atomic E-state index is 13.0. The van der Waals surface area contributed by atoms with Gasteiger partial charge in [0.2, 0.25) is 0 Å². The molecule has 30 heavy (non-hydrogen) atoms. The zero-order chi connectivity index (χ0) is 20.9. The van der Waals surface area contributed by atoms with Crippen molar-refractivity contribution < 1.29 is 4.79 Å². The minimum absolute atomic E-state index is 0.0562. The second-order valence-corrected chi connectivity index (χ2v) is 8.09. The Hall–Kier alpha value is -2.73. The van der Waals surface area contributed by atoms with Crippen LogP contribution in [0.15, 0.2) is 36.5 Å². The molecule has 1 fully saturated rings. The SMILES string of the molecule is CCCc1c(C(=O)NCCN2CCCCC2)cnc2c(-c3ccccc3)c(C)nn12. The zero-order valence-corrected chi connectivity index (χ0v) is 18.0. The Kier molecular flexibility index (Phi) is 6.43. The van der Waals surface area contributed by atoms with Gasteiger partial charge in [-0.25, -0.2) is 9.50 Å². The van der Waals surface area contributed by atoms with Gasteiger partial charge in [0.1, 0.15) is 0 Å². The van der Waals surface area contributed by atoms with E-state index in [1.165, 1.54) is 19.3 Å². The highest BCUT2D eigenvalue weighted by molar-refractivity contribution is 5.95. The van der Waals surface area contributed by atoms with Crippen LogP contribution in [-0.2, 0) is 6.42 Å². The number of carbonyl (C=O) groups excluding carboxylic acids is 1. The molecule has 0 bridgehead atoms. The van der Waals surface area contributed by atoms with Gasteiger partial charge >= 0.3 is 0 Å². The standard InChI is InChI=1S/C24H31N5O/c1-3-10-21-20(24(30)25-13-16-28-14-8-5-9-15-28)17-26-23-22(18(2)27-29(21)23)19-11-6-4-7-12-19/h4,6-7,11-12,17H,3,5,8-10,13-16H2,1-2H3,(H,25,30). The molecule has 3 heterocycles. The molecule has 6 heteroatoms. The molecule has 158 valence electrons. The number of piperidine rings is 1. The van der Waals surface area contributed by atoms with Crippen molar-refractivity contribution in [2.45, 2.75) is 46.0 Å². The Labute approximate surface area is 178 Å². The lowest BCUT2D eigenvalue weighted by atomic mass is 10.1. The van der Waals surface area contributed by atoms with Gasteiger partial charge in [0, 0.05) is 24.8 Å². The Morgan fingerprint density at radius 3 is 2.63 bits per heavy atom. The third-order valence-electron chi connectivity index (χ3n) is 5.87. The normalized spacial score (nSPS) is 14.9. The van der Waals surface area contributed by atoms with E-state index in [-0.39, 0.29) is 5.91 Å². The van der Waals surface area contributed by atoms with Crippen molar-refractivity contribution >= 4 is 11.6 Å². The summed E-state index contributed by atoms with van der Waals surface area (Å²) in [5, 5.41) is 7.87. The van der Waals surface area contributed by atoms with Crippen molar-refractivity contribution in [3.63, 3.8) is 0 Å². The number of benzene rings is 1. The van der Waals surface area contributed by atoms with Gasteiger partial charge in [-0.15, -0.1) is 0 Å². The third-order valence-corrected chi connectivity index (χ3v) is 5.87. The van der Waals surface area contributed by atoms with E-state index in [0.717, 1.165) is 60.6 Å². The van der Waals surface area contributed by atoms with Gasteiger partial charge in [-0.2, -0.15) is 5.10 Å². The lowest BCUT2D eigenvalue weighted by Crippen LogP contribution is -2.38. The molecular weight excluding hydrogens is 374 g/mol. The number of likely N-dealkylation sites (tertiary alicyclic amines) is 1. The Bertz CT molecular complexity index is 1010. The highest BCUT2D eigenvalue weighted by atomic mass is 16.1. The number of nitrogens with zero attached hydrogens (tertiary/aromatic N) is 4. The summed E-state index contributed by atoms with van der Waals surface area (Å²) in [6.07, 6.45) is 7.29. The monoisotopic (exact) mass is 405 g/mol. The van der Waals surface area contributed by atoms with Crippen LogP contribution < -0.4 is 5.32 Å². The van der Waals surface area contributed by atoms with E-state index < -0.39 is 0 Å². The molecule has 6 nitrogen and oxygen atoms in total. The summed E-state index contributed by atoms with van der Waals surface area (Å²) in [4.78, 5) is 20.1. The molecule has 3 aromatic rings. The van der Waals surface area contributed by atoms with Gasteiger partial charge in [-0.3, -0.25) is 4.79 Å². The third kappa shape index (κ3) is 4.24. The van der Waals surface area contributed by atoms with Crippen molar-refractivity contribution in [1.82, 2.24) is 24.8 Å². The Balaban J connectivity index is 1.60. The van der Waals surface area contributed by atoms with Crippen LogP contribution in [0.2, 0.25) is 0 Å². The summed E-state index contributed by atoms with van der Waals surface area (Å²) in [6, 6.07) is 10.2. The fourth-order valence-corrected chi connectivity index (χ4v) is 4.35. The molecule has 2 aromatic heterocycles. The second kappa shape index (κ2) is 9.39. The highest BCUT2D eigenvalue weighted by Gasteiger charge is 2.20. The molecule has 1 saturated heterocycles. The molecule has 4 rings (SSSR count). The molecule has 1 aromatic carbocycles. The van der Waals surface area contributed by atoms with E-state index >= 15 is 0 Å². The smallest absolute Gasteiger partial charge is 0.254 e. The molecule has 1 aliphatic rings. The largest absolute Gasteiger partial charge is 0.351 e. The summed E-state index contributed by atoms with van der Waals surface area (Å²) < 4.78 is 1.88. The highest BCUT2D eigenvalue weighted by Crippen LogP contribution is 2.28. The number of nitrogens with one attached hydrogen (secondary N) is 1. The minimum atomic E-state index is -0.0562. The predicted molar refractivity (Wildman–Crippen MR) is 120 cm³/mol. The van der Waals surface area contributed by atoms with Crippen molar-refractivity contribution in [1.29, 1.82) is 0 Å². The first-order chi connectivity index (χ1) is 14.7. The maximum Gasteiger partial charge on any atom is 0.254 e. The van der Waals surface area contributed by atoms with Crippen molar-refractivity contribution in [3.8, 4) is 11.1 Å².